The minimum Gasteiger partial charge on any atom is -0.0616 e. The SMILES string of the molecule is Cc1cc(C)c2ccccc2c1Cc1c(C)c(C)c(C)c2ccccc12. The van der Waals surface area contributed by atoms with Crippen molar-refractivity contribution in [1.82, 2.24) is 0 Å². The third-order valence-corrected chi connectivity index (χ3v) is 6.17. The van der Waals surface area contributed by atoms with Crippen molar-refractivity contribution in [2.45, 2.75) is 41.0 Å². The van der Waals surface area contributed by atoms with Crippen molar-refractivity contribution in [2.75, 3.05) is 0 Å². The van der Waals surface area contributed by atoms with Crippen LogP contribution in [0.2, 0.25) is 0 Å². The average Bonchev–Trinajstić information content (AvgIpc) is 2.65. The number of hydrogen-bond donors (Lipinski definition) is 0. The van der Waals surface area contributed by atoms with Crippen molar-refractivity contribution in [3.05, 3.63) is 93.5 Å². The molecule has 0 aromatic heterocycles. The fraction of sp³-hybridized carbons (Fsp3) is 0.231. The molecule has 0 aliphatic carbocycles. The third-order valence-electron chi connectivity index (χ3n) is 6.17. The van der Waals surface area contributed by atoms with Gasteiger partial charge in [-0.15, -0.1) is 0 Å². The smallest absolute Gasteiger partial charge is 0.000809 e. The second kappa shape index (κ2) is 6.29. The molecule has 0 fully saturated rings. The van der Waals surface area contributed by atoms with Crippen LogP contribution >= 0.6 is 0 Å². The lowest BCUT2D eigenvalue weighted by Gasteiger charge is -2.19. The molecular formula is C26H26. The Kier molecular flexibility index (Phi) is 4.07. The van der Waals surface area contributed by atoms with Crippen LogP contribution in [-0.2, 0) is 6.42 Å². The Labute approximate surface area is 156 Å². The standard InChI is InChI=1S/C26H26/c1-16-14-17(2)25(23-12-8-6-10-21(16)23)15-26-20(5)18(3)19(4)22-11-7-9-13-24(22)26/h6-14H,15H2,1-5H3. The first-order chi connectivity index (χ1) is 12.5. The van der Waals surface area contributed by atoms with Crippen molar-refractivity contribution in [2.24, 2.45) is 0 Å². The van der Waals surface area contributed by atoms with Gasteiger partial charge < -0.3 is 0 Å². The molecule has 0 heteroatoms. The van der Waals surface area contributed by atoms with Crippen LogP contribution in [0, 0.1) is 34.6 Å². The van der Waals surface area contributed by atoms with Crippen LogP contribution in [0.4, 0.5) is 0 Å². The summed E-state index contributed by atoms with van der Waals surface area (Å²) in [7, 11) is 0. The molecule has 0 amide bonds. The fourth-order valence-corrected chi connectivity index (χ4v) is 4.42. The molecule has 26 heavy (non-hydrogen) atoms. The maximum atomic E-state index is 2.34. The topological polar surface area (TPSA) is 0 Å². The van der Waals surface area contributed by atoms with E-state index in [2.05, 4.69) is 89.2 Å². The van der Waals surface area contributed by atoms with Gasteiger partial charge in [0.1, 0.15) is 0 Å². The van der Waals surface area contributed by atoms with Crippen LogP contribution in [0.3, 0.4) is 0 Å². The summed E-state index contributed by atoms with van der Waals surface area (Å²) in [5, 5.41) is 5.56. The summed E-state index contributed by atoms with van der Waals surface area (Å²) in [6.07, 6.45) is 0.986. The number of rotatable bonds is 2. The molecule has 0 aliphatic rings. The van der Waals surface area contributed by atoms with Crippen LogP contribution in [0.15, 0.2) is 54.6 Å². The zero-order chi connectivity index (χ0) is 18.4. The molecule has 4 rings (SSSR count). The van der Waals surface area contributed by atoms with Crippen molar-refractivity contribution < 1.29 is 0 Å². The number of benzene rings is 4. The van der Waals surface area contributed by atoms with Gasteiger partial charge >= 0.3 is 0 Å². The summed E-state index contributed by atoms with van der Waals surface area (Å²) in [6.45, 7) is 11.3. The van der Waals surface area contributed by atoms with Gasteiger partial charge in [-0.2, -0.15) is 0 Å². The summed E-state index contributed by atoms with van der Waals surface area (Å²) in [4.78, 5) is 0. The summed E-state index contributed by atoms with van der Waals surface area (Å²) in [5.41, 5.74) is 9.96. The highest BCUT2D eigenvalue weighted by Crippen LogP contribution is 2.34. The van der Waals surface area contributed by atoms with Gasteiger partial charge in [0.15, 0.2) is 0 Å². The van der Waals surface area contributed by atoms with Crippen LogP contribution in [0.5, 0.6) is 0 Å². The Morgan fingerprint density at radius 1 is 0.500 bits per heavy atom. The maximum Gasteiger partial charge on any atom is -0.000809 e. The molecule has 0 nitrogen and oxygen atoms in total. The first kappa shape index (κ1) is 16.8. The molecule has 0 aliphatic heterocycles. The van der Waals surface area contributed by atoms with E-state index >= 15 is 0 Å². The Bertz CT molecular complexity index is 1150. The number of fused-ring (bicyclic) bond motifs is 2. The van der Waals surface area contributed by atoms with Gasteiger partial charge in [-0.3, -0.25) is 0 Å². The van der Waals surface area contributed by atoms with Crippen molar-refractivity contribution >= 4 is 21.5 Å². The second-order valence-corrected chi connectivity index (χ2v) is 7.61. The summed E-state index contributed by atoms with van der Waals surface area (Å²) in [5.74, 6) is 0. The molecule has 0 saturated heterocycles. The van der Waals surface area contributed by atoms with E-state index in [0.717, 1.165) is 6.42 Å². The highest BCUT2D eigenvalue weighted by atomic mass is 14.2. The van der Waals surface area contributed by atoms with E-state index in [-0.39, 0.29) is 0 Å². The first-order valence-corrected chi connectivity index (χ1v) is 9.44. The van der Waals surface area contributed by atoms with Crippen molar-refractivity contribution in [3.8, 4) is 0 Å². The molecule has 4 aromatic rings. The van der Waals surface area contributed by atoms with Gasteiger partial charge in [0.2, 0.25) is 0 Å². The number of hydrogen-bond acceptors (Lipinski definition) is 0. The molecule has 0 unspecified atom stereocenters. The Balaban J connectivity index is 2.02. The lowest BCUT2D eigenvalue weighted by atomic mass is 9.85. The van der Waals surface area contributed by atoms with Gasteiger partial charge in [0, 0.05) is 0 Å². The summed E-state index contributed by atoms with van der Waals surface area (Å²) >= 11 is 0. The van der Waals surface area contributed by atoms with E-state index in [4.69, 9.17) is 0 Å². The largest absolute Gasteiger partial charge is 0.0616 e. The fourth-order valence-electron chi connectivity index (χ4n) is 4.42. The van der Waals surface area contributed by atoms with Crippen LogP contribution in [0.1, 0.15) is 38.9 Å². The lowest BCUT2D eigenvalue weighted by Crippen LogP contribution is -2.02. The molecule has 0 atom stereocenters. The van der Waals surface area contributed by atoms with Crippen molar-refractivity contribution in [1.29, 1.82) is 0 Å². The highest BCUT2D eigenvalue weighted by molar-refractivity contribution is 5.93. The zero-order valence-electron chi connectivity index (χ0n) is 16.4. The van der Waals surface area contributed by atoms with E-state index in [1.54, 1.807) is 0 Å². The number of aryl methyl sites for hydroxylation is 3. The summed E-state index contributed by atoms with van der Waals surface area (Å²) < 4.78 is 0. The maximum absolute atomic E-state index is 2.34. The van der Waals surface area contributed by atoms with Crippen LogP contribution in [-0.4, -0.2) is 0 Å². The molecular weight excluding hydrogens is 312 g/mol. The van der Waals surface area contributed by atoms with Gasteiger partial charge in [0.05, 0.1) is 0 Å². The van der Waals surface area contributed by atoms with E-state index in [1.165, 1.54) is 60.5 Å². The second-order valence-electron chi connectivity index (χ2n) is 7.61. The van der Waals surface area contributed by atoms with Gasteiger partial charge in [-0.25, -0.2) is 0 Å². The van der Waals surface area contributed by atoms with Crippen LogP contribution < -0.4 is 0 Å². The lowest BCUT2D eigenvalue weighted by molar-refractivity contribution is 1.14. The minimum atomic E-state index is 0.986. The highest BCUT2D eigenvalue weighted by Gasteiger charge is 2.15. The molecule has 0 N–H and O–H groups in total. The third kappa shape index (κ3) is 2.52. The summed E-state index contributed by atoms with van der Waals surface area (Å²) in [6, 6.07) is 20.1. The molecule has 0 radical (unpaired) electrons. The van der Waals surface area contributed by atoms with E-state index < -0.39 is 0 Å². The minimum absolute atomic E-state index is 0.986. The van der Waals surface area contributed by atoms with E-state index in [9.17, 15) is 0 Å². The van der Waals surface area contributed by atoms with Crippen molar-refractivity contribution in [3.63, 3.8) is 0 Å². The monoisotopic (exact) mass is 338 g/mol. The Hall–Kier alpha value is -2.60. The predicted octanol–water partition coefficient (Wildman–Crippen LogP) is 7.13. The molecule has 0 spiro atoms. The van der Waals surface area contributed by atoms with E-state index in [0.29, 0.717) is 0 Å². The molecule has 0 bridgehead atoms. The quantitative estimate of drug-likeness (QED) is 0.365. The zero-order valence-corrected chi connectivity index (χ0v) is 16.4. The van der Waals surface area contributed by atoms with E-state index in [1.807, 2.05) is 0 Å². The molecule has 0 saturated carbocycles. The van der Waals surface area contributed by atoms with Gasteiger partial charge in [-0.1, -0.05) is 54.6 Å². The van der Waals surface area contributed by atoms with Gasteiger partial charge in [0.25, 0.3) is 0 Å². The van der Waals surface area contributed by atoms with Crippen LogP contribution in [0.25, 0.3) is 21.5 Å². The average molecular weight is 338 g/mol. The van der Waals surface area contributed by atoms with Gasteiger partial charge in [-0.05, 0) is 102 Å². The normalized spacial score (nSPS) is 11.4. The first-order valence-electron chi connectivity index (χ1n) is 9.44. The molecule has 0 heterocycles. The molecule has 4 aromatic carbocycles. The predicted molar refractivity (Wildman–Crippen MR) is 114 cm³/mol. The Morgan fingerprint density at radius 3 is 1.69 bits per heavy atom. The molecule has 130 valence electrons. The Morgan fingerprint density at radius 2 is 1.04 bits per heavy atom.